The summed E-state index contributed by atoms with van der Waals surface area (Å²) in [7, 11) is 1.56. The van der Waals surface area contributed by atoms with Crippen LogP contribution in [-0.4, -0.2) is 37.6 Å². The number of hydrogen-bond donors (Lipinski definition) is 1. The molecule has 0 aliphatic rings. The molecule has 0 atom stereocenters. The third kappa shape index (κ3) is 4.43. The van der Waals surface area contributed by atoms with Crippen molar-refractivity contribution < 1.29 is 9.53 Å². The highest BCUT2D eigenvalue weighted by molar-refractivity contribution is 6.31. The topological polar surface area (TPSA) is 79.3 Å². The lowest BCUT2D eigenvalue weighted by atomic mass is 10.1. The van der Waals surface area contributed by atoms with Gasteiger partial charge in [-0.3, -0.25) is 4.79 Å². The number of rotatable bonds is 6. The third-order valence-corrected chi connectivity index (χ3v) is 2.83. The number of carbonyl (C=O) groups excluding carboxylic acids is 1. The number of ether oxygens (including phenoxy) is 1. The summed E-state index contributed by atoms with van der Waals surface area (Å²) >= 11 is 5.87. The summed E-state index contributed by atoms with van der Waals surface area (Å²) in [6.45, 7) is 1.14. The lowest BCUT2D eigenvalue weighted by molar-refractivity contribution is 0.0701. The quantitative estimate of drug-likeness (QED) is 0.808. The van der Waals surface area contributed by atoms with Crippen molar-refractivity contribution in [2.75, 3.05) is 32.5 Å². The molecule has 0 bridgehead atoms. The van der Waals surface area contributed by atoms with Gasteiger partial charge in [-0.2, -0.15) is 5.26 Å². The molecule has 0 fully saturated rings. The number of nitrogens with zero attached hydrogens (tertiary/aromatic N) is 2. The number of anilines is 1. The number of amides is 1. The second-order valence-corrected chi connectivity index (χ2v) is 4.36. The first kappa shape index (κ1) is 15.3. The van der Waals surface area contributed by atoms with Crippen molar-refractivity contribution in [3.8, 4) is 6.07 Å². The van der Waals surface area contributed by atoms with Crippen LogP contribution in [0.2, 0.25) is 5.02 Å². The summed E-state index contributed by atoms with van der Waals surface area (Å²) in [4.78, 5) is 13.9. The maximum absolute atomic E-state index is 12.4. The molecule has 0 unspecified atom stereocenters. The molecule has 0 aliphatic heterocycles. The molecule has 6 heteroatoms. The van der Waals surface area contributed by atoms with Crippen molar-refractivity contribution in [1.29, 1.82) is 5.26 Å². The number of hydrogen-bond acceptors (Lipinski definition) is 4. The fourth-order valence-corrected chi connectivity index (χ4v) is 1.76. The van der Waals surface area contributed by atoms with Gasteiger partial charge in [-0.15, -0.1) is 0 Å². The van der Waals surface area contributed by atoms with Crippen LogP contribution in [0.25, 0.3) is 0 Å². The van der Waals surface area contributed by atoms with Gasteiger partial charge in [0.25, 0.3) is 5.91 Å². The molecule has 0 heterocycles. The van der Waals surface area contributed by atoms with E-state index >= 15 is 0 Å². The van der Waals surface area contributed by atoms with Crippen LogP contribution in [0, 0.1) is 11.3 Å². The van der Waals surface area contributed by atoms with E-state index in [1.165, 1.54) is 11.0 Å². The van der Waals surface area contributed by atoms with Gasteiger partial charge < -0.3 is 15.4 Å². The van der Waals surface area contributed by atoms with Crippen LogP contribution >= 0.6 is 11.6 Å². The monoisotopic (exact) mass is 281 g/mol. The number of nitrogen functional groups attached to an aromatic ring is 1. The smallest absolute Gasteiger partial charge is 0.256 e. The van der Waals surface area contributed by atoms with Crippen molar-refractivity contribution in [3.05, 3.63) is 28.8 Å². The van der Waals surface area contributed by atoms with Crippen molar-refractivity contribution in [2.45, 2.75) is 6.42 Å². The zero-order chi connectivity index (χ0) is 14.3. The predicted octanol–water partition coefficient (Wildman–Crippen LogP) is 1.92. The Morgan fingerprint density at radius 2 is 2.26 bits per heavy atom. The Morgan fingerprint density at radius 3 is 2.89 bits per heavy atom. The largest absolute Gasteiger partial charge is 0.398 e. The average molecular weight is 282 g/mol. The van der Waals surface area contributed by atoms with Gasteiger partial charge in [0.1, 0.15) is 0 Å². The molecular formula is C13H16ClN3O2. The Balaban J connectivity index is 2.91. The minimum absolute atomic E-state index is 0.243. The first-order valence-corrected chi connectivity index (χ1v) is 6.18. The zero-order valence-corrected chi connectivity index (χ0v) is 11.5. The zero-order valence-electron chi connectivity index (χ0n) is 10.7. The maximum atomic E-state index is 12.4. The summed E-state index contributed by atoms with van der Waals surface area (Å²) in [5, 5.41) is 9.08. The van der Waals surface area contributed by atoms with E-state index in [1.54, 1.807) is 19.2 Å². The van der Waals surface area contributed by atoms with Gasteiger partial charge in [0, 0.05) is 30.9 Å². The van der Waals surface area contributed by atoms with Crippen LogP contribution in [0.5, 0.6) is 0 Å². The highest BCUT2D eigenvalue weighted by Crippen LogP contribution is 2.19. The molecular weight excluding hydrogens is 266 g/mol. The van der Waals surface area contributed by atoms with Gasteiger partial charge in [0.2, 0.25) is 0 Å². The van der Waals surface area contributed by atoms with E-state index in [4.69, 9.17) is 27.3 Å². The molecule has 102 valence electrons. The van der Waals surface area contributed by atoms with Gasteiger partial charge in [0.05, 0.1) is 24.7 Å². The highest BCUT2D eigenvalue weighted by Gasteiger charge is 2.18. The van der Waals surface area contributed by atoms with E-state index in [-0.39, 0.29) is 12.3 Å². The minimum Gasteiger partial charge on any atom is -0.398 e. The van der Waals surface area contributed by atoms with E-state index in [0.717, 1.165) is 0 Å². The molecule has 0 saturated heterocycles. The van der Waals surface area contributed by atoms with E-state index in [0.29, 0.717) is 36.0 Å². The summed E-state index contributed by atoms with van der Waals surface area (Å²) in [6, 6.07) is 6.77. The molecule has 1 rings (SSSR count). The average Bonchev–Trinajstić information content (AvgIpc) is 2.41. The second kappa shape index (κ2) is 7.62. The summed E-state index contributed by atoms with van der Waals surface area (Å²) in [6.07, 6.45) is 0.260. The second-order valence-electron chi connectivity index (χ2n) is 3.92. The van der Waals surface area contributed by atoms with E-state index < -0.39 is 0 Å². The summed E-state index contributed by atoms with van der Waals surface area (Å²) < 4.78 is 4.96. The lowest BCUT2D eigenvalue weighted by Crippen LogP contribution is -2.35. The van der Waals surface area contributed by atoms with Gasteiger partial charge in [-0.1, -0.05) is 11.6 Å². The summed E-state index contributed by atoms with van der Waals surface area (Å²) in [5.41, 5.74) is 6.50. The van der Waals surface area contributed by atoms with Crippen LogP contribution in [0.3, 0.4) is 0 Å². The Kier molecular flexibility index (Phi) is 6.13. The maximum Gasteiger partial charge on any atom is 0.256 e. The fourth-order valence-electron chi connectivity index (χ4n) is 1.59. The van der Waals surface area contributed by atoms with Gasteiger partial charge in [-0.25, -0.2) is 0 Å². The predicted molar refractivity (Wildman–Crippen MR) is 73.9 cm³/mol. The lowest BCUT2D eigenvalue weighted by Gasteiger charge is -2.22. The first-order chi connectivity index (χ1) is 9.10. The van der Waals surface area contributed by atoms with Crippen molar-refractivity contribution >= 4 is 23.2 Å². The van der Waals surface area contributed by atoms with Crippen LogP contribution in [-0.2, 0) is 4.74 Å². The van der Waals surface area contributed by atoms with Crippen molar-refractivity contribution in [3.63, 3.8) is 0 Å². The van der Waals surface area contributed by atoms with Gasteiger partial charge in [0.15, 0.2) is 0 Å². The molecule has 19 heavy (non-hydrogen) atoms. The minimum atomic E-state index is -0.243. The number of nitrogens with two attached hydrogens (primary N) is 1. The van der Waals surface area contributed by atoms with Crippen LogP contribution < -0.4 is 5.73 Å². The fraction of sp³-hybridized carbons (Fsp3) is 0.385. The number of nitriles is 1. The SMILES string of the molecule is COCCN(CCC#N)C(=O)c1cc(Cl)ccc1N. The van der Waals surface area contributed by atoms with E-state index in [2.05, 4.69) is 0 Å². The molecule has 0 aromatic heterocycles. The Morgan fingerprint density at radius 1 is 1.53 bits per heavy atom. The molecule has 2 N–H and O–H groups in total. The van der Waals surface area contributed by atoms with Gasteiger partial charge in [-0.05, 0) is 18.2 Å². The number of carbonyl (C=O) groups is 1. The normalized spacial score (nSPS) is 9.95. The molecule has 5 nitrogen and oxygen atoms in total. The Hall–Kier alpha value is -1.77. The Bertz CT molecular complexity index is 485. The van der Waals surface area contributed by atoms with Crippen LogP contribution in [0.4, 0.5) is 5.69 Å². The highest BCUT2D eigenvalue weighted by atomic mass is 35.5. The molecule has 1 amide bonds. The molecule has 1 aromatic rings. The standard InChI is InChI=1S/C13H16ClN3O2/c1-19-8-7-17(6-2-5-15)13(18)11-9-10(14)3-4-12(11)16/h3-4,9H,2,6-8,16H2,1H3. The Labute approximate surface area is 117 Å². The van der Waals surface area contributed by atoms with E-state index in [1.807, 2.05) is 6.07 Å². The van der Waals surface area contributed by atoms with Crippen LogP contribution in [0.1, 0.15) is 16.8 Å². The molecule has 0 radical (unpaired) electrons. The molecule has 0 aliphatic carbocycles. The van der Waals surface area contributed by atoms with Crippen LogP contribution in [0.15, 0.2) is 18.2 Å². The summed E-state index contributed by atoms with van der Waals surface area (Å²) in [5.74, 6) is -0.243. The first-order valence-electron chi connectivity index (χ1n) is 5.80. The van der Waals surface area contributed by atoms with Gasteiger partial charge >= 0.3 is 0 Å². The molecule has 0 spiro atoms. The number of halogens is 1. The van der Waals surface area contributed by atoms with E-state index in [9.17, 15) is 4.79 Å². The number of methoxy groups -OCH3 is 1. The van der Waals surface area contributed by atoms with Crippen molar-refractivity contribution in [1.82, 2.24) is 4.90 Å². The third-order valence-electron chi connectivity index (χ3n) is 2.59. The number of benzene rings is 1. The van der Waals surface area contributed by atoms with Crippen molar-refractivity contribution in [2.24, 2.45) is 0 Å². The molecule has 0 saturated carbocycles. The molecule has 1 aromatic carbocycles.